The molecule has 14 heavy (non-hydrogen) atoms. The Morgan fingerprint density at radius 3 is 2.57 bits per heavy atom. The molecule has 6 nitrogen and oxygen atoms in total. The van der Waals surface area contributed by atoms with E-state index in [0.717, 1.165) is 0 Å². The van der Waals surface area contributed by atoms with E-state index in [9.17, 15) is 5.11 Å². The smallest absolute Gasteiger partial charge is 0.145 e. The van der Waals surface area contributed by atoms with Crippen molar-refractivity contribution in [3.8, 4) is 0 Å². The van der Waals surface area contributed by atoms with Gasteiger partial charge in [-0.1, -0.05) is 0 Å². The third kappa shape index (κ3) is 2.61. The number of aliphatic hydroxyl groups excluding tert-OH is 2. The second-order valence-corrected chi connectivity index (χ2v) is 3.41. The van der Waals surface area contributed by atoms with Crippen molar-refractivity contribution in [2.75, 3.05) is 11.5 Å². The van der Waals surface area contributed by atoms with Crippen LogP contribution in [0.4, 0.5) is 11.5 Å². The maximum Gasteiger partial charge on any atom is 0.145 e. The van der Waals surface area contributed by atoms with E-state index in [0.29, 0.717) is 17.9 Å². The molecule has 6 heteroatoms. The quantitative estimate of drug-likeness (QED) is 0.507. The normalized spacial score (nSPS) is 15.4. The van der Waals surface area contributed by atoms with Crippen molar-refractivity contribution >= 4 is 11.5 Å². The Labute approximate surface area is 82.1 Å². The highest BCUT2D eigenvalue weighted by Gasteiger charge is 2.11. The first-order valence-electron chi connectivity index (χ1n) is 4.43. The van der Waals surface area contributed by atoms with Gasteiger partial charge in [-0.25, -0.2) is 4.68 Å². The second kappa shape index (κ2) is 4.30. The molecule has 80 valence electrons. The van der Waals surface area contributed by atoms with Crippen LogP contribution in [0, 0.1) is 0 Å². The van der Waals surface area contributed by atoms with Gasteiger partial charge in [0.05, 0.1) is 30.6 Å². The molecular formula is C8H16N4O2. The van der Waals surface area contributed by atoms with Crippen LogP contribution in [0.25, 0.3) is 0 Å². The molecule has 0 amide bonds. The van der Waals surface area contributed by atoms with E-state index in [-0.39, 0.29) is 6.54 Å². The molecule has 1 aromatic heterocycles. The molecule has 0 aliphatic carbocycles. The van der Waals surface area contributed by atoms with Crippen LogP contribution in [0.15, 0.2) is 6.20 Å². The molecule has 0 saturated heterocycles. The van der Waals surface area contributed by atoms with Gasteiger partial charge in [-0.2, -0.15) is 5.10 Å². The van der Waals surface area contributed by atoms with E-state index < -0.39 is 12.2 Å². The average Bonchev–Trinajstić information content (AvgIpc) is 2.34. The summed E-state index contributed by atoms with van der Waals surface area (Å²) in [7, 11) is 0. The van der Waals surface area contributed by atoms with Crippen molar-refractivity contribution in [3.63, 3.8) is 0 Å². The lowest BCUT2D eigenvalue weighted by Gasteiger charge is -2.13. The lowest BCUT2D eigenvalue weighted by molar-refractivity contribution is 0.0776. The summed E-state index contributed by atoms with van der Waals surface area (Å²) in [5.41, 5.74) is 11.5. The zero-order valence-corrected chi connectivity index (χ0v) is 8.09. The maximum absolute atomic E-state index is 9.49. The molecule has 0 fully saturated rings. The number of hydrogen-bond donors (Lipinski definition) is 4. The summed E-state index contributed by atoms with van der Waals surface area (Å²) in [6.45, 7) is 1.86. The number of anilines is 2. The van der Waals surface area contributed by atoms with Crippen molar-refractivity contribution < 1.29 is 10.2 Å². The Morgan fingerprint density at radius 2 is 2.14 bits per heavy atom. The molecule has 0 aliphatic rings. The van der Waals surface area contributed by atoms with Crippen molar-refractivity contribution in [3.05, 3.63) is 6.20 Å². The van der Waals surface area contributed by atoms with E-state index >= 15 is 0 Å². The Bertz CT molecular complexity index is 298. The van der Waals surface area contributed by atoms with Crippen LogP contribution >= 0.6 is 0 Å². The standard InChI is InChI=1S/C8H16N4O2/c1-5(13)2-6(14)4-12-8(10)7(9)3-11-12/h3,5-6,13-14H,2,4,9-10H2,1H3. The van der Waals surface area contributed by atoms with Crippen molar-refractivity contribution in [2.45, 2.75) is 32.1 Å². The van der Waals surface area contributed by atoms with Gasteiger partial charge in [-0.15, -0.1) is 0 Å². The summed E-state index contributed by atoms with van der Waals surface area (Å²) in [5, 5.41) is 22.4. The van der Waals surface area contributed by atoms with E-state index in [2.05, 4.69) is 5.10 Å². The maximum atomic E-state index is 9.49. The van der Waals surface area contributed by atoms with Gasteiger partial charge in [0.2, 0.25) is 0 Å². The molecule has 1 rings (SSSR count). The third-order valence-electron chi connectivity index (χ3n) is 1.91. The Kier molecular flexibility index (Phi) is 3.32. The number of nitrogens with zero attached hydrogens (tertiary/aromatic N) is 2. The zero-order valence-electron chi connectivity index (χ0n) is 8.09. The molecule has 2 atom stereocenters. The van der Waals surface area contributed by atoms with Gasteiger partial charge < -0.3 is 21.7 Å². The Hall–Kier alpha value is -1.27. The number of aliphatic hydroxyl groups is 2. The third-order valence-corrected chi connectivity index (χ3v) is 1.91. The molecule has 0 spiro atoms. The number of nitrogens with two attached hydrogens (primary N) is 2. The van der Waals surface area contributed by atoms with Crippen LogP contribution in [0.2, 0.25) is 0 Å². The van der Waals surface area contributed by atoms with Gasteiger partial charge in [-0.05, 0) is 6.92 Å². The van der Waals surface area contributed by atoms with Gasteiger partial charge in [0.1, 0.15) is 5.82 Å². The SMILES string of the molecule is CC(O)CC(O)Cn1ncc(N)c1N. The predicted molar refractivity (Wildman–Crippen MR) is 53.4 cm³/mol. The van der Waals surface area contributed by atoms with Crippen molar-refractivity contribution in [1.82, 2.24) is 9.78 Å². The fourth-order valence-electron chi connectivity index (χ4n) is 1.22. The molecule has 6 N–H and O–H groups in total. The summed E-state index contributed by atoms with van der Waals surface area (Å²) in [4.78, 5) is 0. The summed E-state index contributed by atoms with van der Waals surface area (Å²) >= 11 is 0. The predicted octanol–water partition coefficient (Wildman–Crippen LogP) is -0.821. The zero-order chi connectivity index (χ0) is 10.7. The van der Waals surface area contributed by atoms with E-state index in [1.54, 1.807) is 6.92 Å². The lowest BCUT2D eigenvalue weighted by atomic mass is 10.2. The summed E-state index contributed by atoms with van der Waals surface area (Å²) in [6, 6.07) is 0. The highest BCUT2D eigenvalue weighted by atomic mass is 16.3. The minimum absolute atomic E-state index is 0.244. The topological polar surface area (TPSA) is 110 Å². The Balaban J connectivity index is 2.56. The Morgan fingerprint density at radius 1 is 1.50 bits per heavy atom. The minimum atomic E-state index is -0.670. The minimum Gasteiger partial charge on any atom is -0.394 e. The first kappa shape index (κ1) is 10.8. The first-order chi connectivity index (χ1) is 6.50. The first-order valence-corrected chi connectivity index (χ1v) is 4.43. The van der Waals surface area contributed by atoms with Crippen molar-refractivity contribution in [1.29, 1.82) is 0 Å². The van der Waals surface area contributed by atoms with Crippen LogP contribution in [0.3, 0.4) is 0 Å². The average molecular weight is 200 g/mol. The number of aromatic nitrogens is 2. The highest BCUT2D eigenvalue weighted by molar-refractivity contribution is 5.56. The van der Waals surface area contributed by atoms with Crippen LogP contribution in [-0.4, -0.2) is 32.2 Å². The van der Waals surface area contributed by atoms with Crippen molar-refractivity contribution in [2.24, 2.45) is 0 Å². The fraction of sp³-hybridized carbons (Fsp3) is 0.625. The number of nitrogen functional groups attached to an aromatic ring is 2. The fourth-order valence-corrected chi connectivity index (χ4v) is 1.22. The molecule has 1 heterocycles. The molecule has 0 saturated carbocycles. The highest BCUT2D eigenvalue weighted by Crippen LogP contribution is 2.13. The van der Waals surface area contributed by atoms with Crippen LogP contribution < -0.4 is 11.5 Å². The molecule has 0 aliphatic heterocycles. The van der Waals surface area contributed by atoms with E-state index in [1.165, 1.54) is 10.9 Å². The molecular weight excluding hydrogens is 184 g/mol. The van der Waals surface area contributed by atoms with Gasteiger partial charge in [-0.3, -0.25) is 0 Å². The summed E-state index contributed by atoms with van der Waals surface area (Å²) in [6.07, 6.45) is 0.514. The number of hydrogen-bond acceptors (Lipinski definition) is 5. The molecule has 2 unspecified atom stereocenters. The summed E-state index contributed by atoms with van der Waals surface area (Å²) in [5.74, 6) is 0.342. The van der Waals surface area contributed by atoms with Crippen LogP contribution in [0.1, 0.15) is 13.3 Å². The molecule has 1 aromatic rings. The van der Waals surface area contributed by atoms with Crippen LogP contribution in [0.5, 0.6) is 0 Å². The number of rotatable bonds is 4. The van der Waals surface area contributed by atoms with Gasteiger partial charge in [0.25, 0.3) is 0 Å². The lowest BCUT2D eigenvalue weighted by Crippen LogP contribution is -2.22. The largest absolute Gasteiger partial charge is 0.394 e. The second-order valence-electron chi connectivity index (χ2n) is 3.41. The van der Waals surface area contributed by atoms with Gasteiger partial charge in [0, 0.05) is 6.42 Å². The summed E-state index contributed by atoms with van der Waals surface area (Å²) < 4.78 is 1.42. The monoisotopic (exact) mass is 200 g/mol. The molecule has 0 radical (unpaired) electrons. The van der Waals surface area contributed by atoms with Gasteiger partial charge in [0.15, 0.2) is 0 Å². The van der Waals surface area contributed by atoms with Crippen LogP contribution in [-0.2, 0) is 6.54 Å². The van der Waals surface area contributed by atoms with E-state index in [1.807, 2.05) is 0 Å². The molecule has 0 bridgehead atoms. The van der Waals surface area contributed by atoms with E-state index in [4.69, 9.17) is 16.6 Å². The van der Waals surface area contributed by atoms with Gasteiger partial charge >= 0.3 is 0 Å². The molecule has 0 aromatic carbocycles.